The van der Waals surface area contributed by atoms with Gasteiger partial charge in [-0.2, -0.15) is 0 Å². The molecule has 2 heterocycles. The third-order valence-electron chi connectivity index (χ3n) is 10.7. The Morgan fingerprint density at radius 1 is 0.396 bits per heavy atom. The van der Waals surface area contributed by atoms with E-state index in [1.165, 1.54) is 43.6 Å². The lowest BCUT2D eigenvalue weighted by Crippen LogP contribution is -2.11. The van der Waals surface area contributed by atoms with Crippen LogP contribution in [0.2, 0.25) is 0 Å². The minimum absolute atomic E-state index is 0.866. The molecule has 0 fully saturated rings. The van der Waals surface area contributed by atoms with Gasteiger partial charge >= 0.3 is 0 Å². The second-order valence-corrected chi connectivity index (χ2v) is 13.7. The van der Waals surface area contributed by atoms with E-state index in [9.17, 15) is 0 Å². The standard InChI is InChI=1S/C50H32N2O/c1-2-15-38(16-3-1)51-43-19-9-8-18-41(43)48-44(51)20-10-21-45(48)52(39-29-26-34(27-30-39)37-25-24-33-12-4-5-14-36(33)32-37)46-22-11-23-47-49(46)42-31-28-35-13-6-7-17-40(35)50(42)53-47/h1-32H. The van der Waals surface area contributed by atoms with Crippen molar-refractivity contribution in [1.29, 1.82) is 0 Å². The molecule has 3 heteroatoms. The van der Waals surface area contributed by atoms with E-state index in [-0.39, 0.29) is 0 Å². The van der Waals surface area contributed by atoms with Gasteiger partial charge < -0.3 is 13.9 Å². The van der Waals surface area contributed by atoms with E-state index in [1.807, 2.05) is 0 Å². The zero-order chi connectivity index (χ0) is 34.9. The molecule has 0 unspecified atom stereocenters. The van der Waals surface area contributed by atoms with Gasteiger partial charge in [-0.25, -0.2) is 0 Å². The summed E-state index contributed by atoms with van der Waals surface area (Å²) in [5, 5.41) is 9.36. The van der Waals surface area contributed by atoms with Crippen LogP contribution >= 0.6 is 0 Å². The summed E-state index contributed by atoms with van der Waals surface area (Å²) in [4.78, 5) is 2.43. The zero-order valence-electron chi connectivity index (χ0n) is 28.8. The highest BCUT2D eigenvalue weighted by molar-refractivity contribution is 6.22. The molecule has 0 saturated carbocycles. The molecule has 0 spiro atoms. The molecule has 0 amide bonds. The summed E-state index contributed by atoms with van der Waals surface area (Å²) in [6.45, 7) is 0. The summed E-state index contributed by atoms with van der Waals surface area (Å²) in [6.07, 6.45) is 0. The average molecular weight is 677 g/mol. The predicted molar refractivity (Wildman–Crippen MR) is 223 cm³/mol. The van der Waals surface area contributed by atoms with Gasteiger partial charge in [0.2, 0.25) is 0 Å². The molecule has 0 aliphatic rings. The number of para-hydroxylation sites is 2. The fourth-order valence-electron chi connectivity index (χ4n) is 8.34. The molecule has 248 valence electrons. The Kier molecular flexibility index (Phi) is 6.55. The topological polar surface area (TPSA) is 21.3 Å². The quantitative estimate of drug-likeness (QED) is 0.181. The monoisotopic (exact) mass is 676 g/mol. The SMILES string of the molecule is c1ccc(-n2c3ccccc3c3c(N(c4ccc(-c5ccc6ccccc6c5)cc4)c4cccc5oc6c7ccccc7ccc6c45)cccc32)cc1. The maximum atomic E-state index is 6.73. The highest BCUT2D eigenvalue weighted by Gasteiger charge is 2.24. The summed E-state index contributed by atoms with van der Waals surface area (Å²) < 4.78 is 9.11. The van der Waals surface area contributed by atoms with E-state index >= 15 is 0 Å². The van der Waals surface area contributed by atoms with Crippen LogP contribution in [0.1, 0.15) is 0 Å². The van der Waals surface area contributed by atoms with Crippen molar-refractivity contribution in [3.8, 4) is 16.8 Å². The summed E-state index contributed by atoms with van der Waals surface area (Å²) in [5.74, 6) is 0. The van der Waals surface area contributed by atoms with Crippen LogP contribution in [-0.4, -0.2) is 4.57 Å². The van der Waals surface area contributed by atoms with Gasteiger partial charge in [-0.1, -0.05) is 127 Å². The molecule has 53 heavy (non-hydrogen) atoms. The molecule has 0 N–H and O–H groups in total. The highest BCUT2D eigenvalue weighted by Crippen LogP contribution is 2.48. The first-order chi connectivity index (χ1) is 26.3. The second kappa shape index (κ2) is 11.7. The van der Waals surface area contributed by atoms with Crippen molar-refractivity contribution in [1.82, 2.24) is 4.57 Å². The van der Waals surface area contributed by atoms with Crippen molar-refractivity contribution < 1.29 is 4.42 Å². The lowest BCUT2D eigenvalue weighted by atomic mass is 10.00. The van der Waals surface area contributed by atoms with Crippen LogP contribution in [0.5, 0.6) is 0 Å². The van der Waals surface area contributed by atoms with Crippen LogP contribution in [0.25, 0.3) is 82.1 Å². The Hall–Kier alpha value is -7.10. The molecule has 0 radical (unpaired) electrons. The van der Waals surface area contributed by atoms with Crippen LogP contribution in [0, 0.1) is 0 Å². The summed E-state index contributed by atoms with van der Waals surface area (Å²) in [7, 11) is 0. The lowest BCUT2D eigenvalue weighted by Gasteiger charge is -2.27. The van der Waals surface area contributed by atoms with E-state index in [4.69, 9.17) is 4.42 Å². The van der Waals surface area contributed by atoms with Gasteiger partial charge in [0.05, 0.1) is 27.8 Å². The number of furan rings is 1. The zero-order valence-corrected chi connectivity index (χ0v) is 28.8. The number of fused-ring (bicyclic) bond motifs is 9. The van der Waals surface area contributed by atoms with Gasteiger partial charge in [0.15, 0.2) is 0 Å². The number of nitrogens with zero attached hydrogens (tertiary/aromatic N) is 2. The molecule has 3 nitrogen and oxygen atoms in total. The summed E-state index contributed by atoms with van der Waals surface area (Å²) in [5.41, 5.74) is 10.9. The third-order valence-corrected chi connectivity index (χ3v) is 10.7. The van der Waals surface area contributed by atoms with Crippen molar-refractivity contribution in [3.05, 3.63) is 194 Å². The van der Waals surface area contributed by atoms with Crippen molar-refractivity contribution in [2.75, 3.05) is 4.90 Å². The van der Waals surface area contributed by atoms with Gasteiger partial charge in [-0.3, -0.25) is 0 Å². The first-order valence-corrected chi connectivity index (χ1v) is 18.1. The number of rotatable bonds is 5. The molecule has 2 aromatic heterocycles. The molecule has 0 saturated heterocycles. The molecule has 0 aliphatic heterocycles. The molecule has 9 aromatic carbocycles. The number of hydrogen-bond donors (Lipinski definition) is 0. The normalized spacial score (nSPS) is 11.8. The molecular formula is C50H32N2O. The number of hydrogen-bond acceptors (Lipinski definition) is 2. The third kappa shape index (κ3) is 4.61. The molecule has 0 bridgehead atoms. The van der Waals surface area contributed by atoms with Crippen LogP contribution in [0.4, 0.5) is 17.1 Å². The number of aromatic nitrogens is 1. The summed E-state index contributed by atoms with van der Waals surface area (Å²) >= 11 is 0. The average Bonchev–Trinajstić information content (AvgIpc) is 3.79. The Labute approximate surface area is 306 Å². The first kappa shape index (κ1) is 29.6. The molecule has 0 atom stereocenters. The van der Waals surface area contributed by atoms with Crippen LogP contribution in [0.15, 0.2) is 199 Å². The van der Waals surface area contributed by atoms with E-state index in [0.29, 0.717) is 0 Å². The van der Waals surface area contributed by atoms with E-state index < -0.39 is 0 Å². The largest absolute Gasteiger partial charge is 0.455 e. The van der Waals surface area contributed by atoms with Crippen LogP contribution in [-0.2, 0) is 0 Å². The Morgan fingerprint density at radius 3 is 1.89 bits per heavy atom. The fraction of sp³-hybridized carbons (Fsp3) is 0. The molecule has 11 aromatic rings. The Balaban J connectivity index is 1.19. The predicted octanol–water partition coefficient (Wildman–Crippen LogP) is 14.1. The fourth-order valence-corrected chi connectivity index (χ4v) is 8.34. The Bertz CT molecular complexity index is 3170. The maximum Gasteiger partial charge on any atom is 0.143 e. The van der Waals surface area contributed by atoms with Crippen molar-refractivity contribution >= 4 is 82.4 Å². The second-order valence-electron chi connectivity index (χ2n) is 13.7. The van der Waals surface area contributed by atoms with E-state index in [0.717, 1.165) is 55.6 Å². The van der Waals surface area contributed by atoms with E-state index in [2.05, 4.69) is 204 Å². The smallest absolute Gasteiger partial charge is 0.143 e. The van der Waals surface area contributed by atoms with E-state index in [1.54, 1.807) is 0 Å². The summed E-state index contributed by atoms with van der Waals surface area (Å²) in [6, 6.07) is 69.7. The number of benzene rings is 9. The minimum atomic E-state index is 0.866. The minimum Gasteiger partial charge on any atom is -0.455 e. The van der Waals surface area contributed by atoms with Gasteiger partial charge in [-0.05, 0) is 94.0 Å². The van der Waals surface area contributed by atoms with Crippen molar-refractivity contribution in [3.63, 3.8) is 0 Å². The van der Waals surface area contributed by atoms with Crippen LogP contribution < -0.4 is 4.90 Å². The van der Waals surface area contributed by atoms with Crippen molar-refractivity contribution in [2.45, 2.75) is 0 Å². The molecule has 0 aliphatic carbocycles. The first-order valence-electron chi connectivity index (χ1n) is 18.1. The Morgan fingerprint density at radius 2 is 1.04 bits per heavy atom. The van der Waals surface area contributed by atoms with Gasteiger partial charge in [-0.15, -0.1) is 0 Å². The van der Waals surface area contributed by atoms with Gasteiger partial charge in [0, 0.05) is 32.9 Å². The molecular weight excluding hydrogens is 645 g/mol. The lowest BCUT2D eigenvalue weighted by molar-refractivity contribution is 0.672. The van der Waals surface area contributed by atoms with Gasteiger partial charge in [0.1, 0.15) is 11.2 Å². The highest BCUT2D eigenvalue weighted by atomic mass is 16.3. The number of anilines is 3. The van der Waals surface area contributed by atoms with Gasteiger partial charge in [0.25, 0.3) is 0 Å². The van der Waals surface area contributed by atoms with Crippen LogP contribution in [0.3, 0.4) is 0 Å². The van der Waals surface area contributed by atoms with Crippen molar-refractivity contribution in [2.24, 2.45) is 0 Å². The molecule has 11 rings (SSSR count). The maximum absolute atomic E-state index is 6.73.